The molecular weight excluding hydrogens is 671 g/mol. The SMILES string of the molecule is c1ccc(-c2nc(-c3ccccc3)nc(-c3cccc(-c4ccc(-c5ccc(-n6c(-c7ccccc7)nc7ccccc76)cc5)c5ccccc45)c3)n2)cc1. The van der Waals surface area contributed by atoms with E-state index >= 15 is 0 Å². The molecule has 0 radical (unpaired) electrons. The maximum absolute atomic E-state index is 5.03. The Morgan fingerprint density at radius 2 is 0.782 bits per heavy atom. The van der Waals surface area contributed by atoms with Gasteiger partial charge in [0.05, 0.1) is 11.0 Å². The van der Waals surface area contributed by atoms with Crippen LogP contribution in [-0.4, -0.2) is 24.5 Å². The summed E-state index contributed by atoms with van der Waals surface area (Å²) in [6, 6.07) is 69.4. The average molecular weight is 704 g/mol. The van der Waals surface area contributed by atoms with Gasteiger partial charge in [-0.1, -0.05) is 170 Å². The number of rotatable bonds is 7. The van der Waals surface area contributed by atoms with Crippen molar-refractivity contribution in [3.8, 4) is 73.5 Å². The smallest absolute Gasteiger partial charge is 0.164 e. The van der Waals surface area contributed by atoms with Crippen molar-refractivity contribution in [3.05, 3.63) is 200 Å². The van der Waals surface area contributed by atoms with E-state index in [-0.39, 0.29) is 0 Å². The van der Waals surface area contributed by atoms with Gasteiger partial charge in [-0.05, 0) is 63.4 Å². The molecule has 0 aliphatic rings. The van der Waals surface area contributed by atoms with Gasteiger partial charge in [-0.3, -0.25) is 4.57 Å². The van der Waals surface area contributed by atoms with Crippen molar-refractivity contribution in [2.75, 3.05) is 0 Å². The van der Waals surface area contributed by atoms with E-state index in [0.29, 0.717) is 17.5 Å². The number of aromatic nitrogens is 5. The van der Waals surface area contributed by atoms with E-state index in [1.54, 1.807) is 0 Å². The fraction of sp³-hybridized carbons (Fsp3) is 0. The van der Waals surface area contributed by atoms with E-state index < -0.39 is 0 Å². The Hall–Kier alpha value is -7.50. The predicted octanol–water partition coefficient (Wildman–Crippen LogP) is 12.4. The lowest BCUT2D eigenvalue weighted by Gasteiger charge is -2.14. The van der Waals surface area contributed by atoms with Crippen molar-refractivity contribution in [1.29, 1.82) is 0 Å². The molecule has 5 heteroatoms. The van der Waals surface area contributed by atoms with Crippen molar-refractivity contribution < 1.29 is 0 Å². The van der Waals surface area contributed by atoms with Crippen LogP contribution in [0.1, 0.15) is 0 Å². The first-order valence-corrected chi connectivity index (χ1v) is 18.4. The number of hydrogen-bond donors (Lipinski definition) is 0. The van der Waals surface area contributed by atoms with Gasteiger partial charge in [0.25, 0.3) is 0 Å². The highest BCUT2D eigenvalue weighted by Gasteiger charge is 2.17. The van der Waals surface area contributed by atoms with E-state index in [4.69, 9.17) is 19.9 Å². The van der Waals surface area contributed by atoms with Crippen LogP contribution in [0.25, 0.3) is 95.3 Å². The molecule has 2 heterocycles. The van der Waals surface area contributed by atoms with Crippen LogP contribution in [0.3, 0.4) is 0 Å². The Kier molecular flexibility index (Phi) is 8.08. The van der Waals surface area contributed by atoms with Crippen LogP contribution in [-0.2, 0) is 0 Å². The predicted molar refractivity (Wildman–Crippen MR) is 225 cm³/mol. The topological polar surface area (TPSA) is 56.5 Å². The molecule has 10 rings (SSSR count). The Morgan fingerprint density at radius 1 is 0.309 bits per heavy atom. The molecule has 10 aromatic rings. The molecule has 258 valence electrons. The maximum Gasteiger partial charge on any atom is 0.164 e. The molecule has 0 unspecified atom stereocenters. The van der Waals surface area contributed by atoms with Crippen LogP contribution in [0.15, 0.2) is 200 Å². The van der Waals surface area contributed by atoms with Gasteiger partial charge in [0.2, 0.25) is 0 Å². The summed E-state index contributed by atoms with van der Waals surface area (Å²) in [5, 5.41) is 2.37. The highest BCUT2D eigenvalue weighted by molar-refractivity contribution is 6.05. The summed E-state index contributed by atoms with van der Waals surface area (Å²) in [6.07, 6.45) is 0. The van der Waals surface area contributed by atoms with Gasteiger partial charge in [0.15, 0.2) is 17.5 Å². The van der Waals surface area contributed by atoms with Gasteiger partial charge in [0.1, 0.15) is 5.82 Å². The molecule has 0 amide bonds. The first-order chi connectivity index (χ1) is 27.3. The van der Waals surface area contributed by atoms with E-state index in [1.807, 2.05) is 72.8 Å². The molecule has 0 fully saturated rings. The second-order valence-electron chi connectivity index (χ2n) is 13.5. The fourth-order valence-electron chi connectivity index (χ4n) is 7.42. The lowest BCUT2D eigenvalue weighted by molar-refractivity contribution is 1.07. The van der Waals surface area contributed by atoms with Gasteiger partial charge in [-0.25, -0.2) is 19.9 Å². The van der Waals surface area contributed by atoms with Gasteiger partial charge in [-0.15, -0.1) is 0 Å². The highest BCUT2D eigenvalue weighted by Crippen LogP contribution is 2.38. The van der Waals surface area contributed by atoms with Crippen molar-refractivity contribution in [1.82, 2.24) is 24.5 Å². The Labute approximate surface area is 318 Å². The minimum atomic E-state index is 0.636. The summed E-state index contributed by atoms with van der Waals surface area (Å²) in [6.45, 7) is 0. The summed E-state index contributed by atoms with van der Waals surface area (Å²) in [7, 11) is 0. The summed E-state index contributed by atoms with van der Waals surface area (Å²) < 4.78 is 2.25. The minimum Gasteiger partial charge on any atom is -0.292 e. The van der Waals surface area contributed by atoms with Crippen molar-refractivity contribution in [2.45, 2.75) is 0 Å². The number of nitrogens with zero attached hydrogens (tertiary/aromatic N) is 5. The molecule has 0 saturated heterocycles. The Balaban J connectivity index is 1.04. The molecule has 0 saturated carbocycles. The molecule has 0 atom stereocenters. The molecule has 0 bridgehead atoms. The van der Waals surface area contributed by atoms with E-state index in [9.17, 15) is 0 Å². The average Bonchev–Trinajstić information content (AvgIpc) is 3.67. The molecule has 0 spiro atoms. The lowest BCUT2D eigenvalue weighted by Crippen LogP contribution is -2.00. The zero-order chi connectivity index (χ0) is 36.6. The normalized spacial score (nSPS) is 11.3. The third-order valence-corrected chi connectivity index (χ3v) is 10.1. The van der Waals surface area contributed by atoms with Crippen molar-refractivity contribution in [2.24, 2.45) is 0 Å². The molecule has 55 heavy (non-hydrogen) atoms. The van der Waals surface area contributed by atoms with Crippen LogP contribution >= 0.6 is 0 Å². The molecular formula is C50H33N5. The number of hydrogen-bond acceptors (Lipinski definition) is 4. The van der Waals surface area contributed by atoms with Gasteiger partial charge >= 0.3 is 0 Å². The molecule has 0 aliphatic heterocycles. The number of fused-ring (bicyclic) bond motifs is 2. The molecule has 2 aromatic heterocycles. The summed E-state index contributed by atoms with van der Waals surface area (Å²) in [4.78, 5) is 19.9. The summed E-state index contributed by atoms with van der Waals surface area (Å²) in [5.41, 5.74) is 11.6. The van der Waals surface area contributed by atoms with Crippen molar-refractivity contribution >= 4 is 21.8 Å². The van der Waals surface area contributed by atoms with E-state index in [0.717, 1.165) is 61.5 Å². The van der Waals surface area contributed by atoms with Crippen LogP contribution in [0.4, 0.5) is 0 Å². The van der Waals surface area contributed by atoms with Crippen LogP contribution in [0.5, 0.6) is 0 Å². The van der Waals surface area contributed by atoms with E-state index in [2.05, 4.69) is 132 Å². The van der Waals surface area contributed by atoms with Gasteiger partial charge < -0.3 is 0 Å². The zero-order valence-electron chi connectivity index (χ0n) is 29.8. The van der Waals surface area contributed by atoms with Crippen LogP contribution in [0.2, 0.25) is 0 Å². The number of imidazole rings is 1. The third-order valence-electron chi connectivity index (χ3n) is 10.1. The standard InChI is InChI=1S/C50H33N5/c1-4-15-35(16-5-1)47-52-48(36-17-6-2-7-18-36)54-49(53-47)39-22-14-21-38(33-39)42-32-31-41(43-23-10-11-24-44(42)43)34-27-29-40(30-28-34)55-46-26-13-12-25-45(46)51-50(55)37-19-8-3-9-20-37/h1-33H. The van der Waals surface area contributed by atoms with Crippen LogP contribution in [0, 0.1) is 0 Å². The third kappa shape index (κ3) is 6.04. The molecule has 5 nitrogen and oxygen atoms in total. The fourth-order valence-corrected chi connectivity index (χ4v) is 7.42. The van der Waals surface area contributed by atoms with E-state index in [1.165, 1.54) is 16.3 Å². The molecule has 8 aromatic carbocycles. The summed E-state index contributed by atoms with van der Waals surface area (Å²) in [5.74, 6) is 2.86. The molecule has 0 N–H and O–H groups in total. The summed E-state index contributed by atoms with van der Waals surface area (Å²) >= 11 is 0. The Morgan fingerprint density at radius 3 is 1.40 bits per heavy atom. The first kappa shape index (κ1) is 32.2. The van der Waals surface area contributed by atoms with Crippen molar-refractivity contribution in [3.63, 3.8) is 0 Å². The maximum atomic E-state index is 5.03. The highest BCUT2D eigenvalue weighted by atomic mass is 15.1. The first-order valence-electron chi connectivity index (χ1n) is 18.4. The van der Waals surface area contributed by atoms with Crippen LogP contribution < -0.4 is 0 Å². The number of para-hydroxylation sites is 2. The molecule has 0 aliphatic carbocycles. The zero-order valence-corrected chi connectivity index (χ0v) is 29.8. The quantitative estimate of drug-likeness (QED) is 0.166. The number of benzene rings is 8. The second-order valence-corrected chi connectivity index (χ2v) is 13.5. The second kappa shape index (κ2) is 13.8. The van der Waals surface area contributed by atoms with Gasteiger partial charge in [-0.2, -0.15) is 0 Å². The lowest BCUT2D eigenvalue weighted by atomic mass is 9.91. The minimum absolute atomic E-state index is 0.636. The Bertz CT molecular complexity index is 2900. The van der Waals surface area contributed by atoms with Gasteiger partial charge in [0, 0.05) is 27.9 Å². The largest absolute Gasteiger partial charge is 0.292 e. The monoisotopic (exact) mass is 703 g/mol.